The van der Waals surface area contributed by atoms with Gasteiger partial charge in [-0.25, -0.2) is 0 Å². The lowest BCUT2D eigenvalue weighted by molar-refractivity contribution is -0.120. The molecule has 0 N–H and O–H groups in total. The summed E-state index contributed by atoms with van der Waals surface area (Å²) < 4.78 is 11.8. The van der Waals surface area contributed by atoms with E-state index in [-0.39, 0.29) is 5.92 Å². The molecule has 0 saturated carbocycles. The minimum atomic E-state index is 0.102. The molecule has 2 atom stereocenters. The second-order valence-corrected chi connectivity index (χ2v) is 10.3. The summed E-state index contributed by atoms with van der Waals surface area (Å²) in [6.45, 7) is 15.9. The van der Waals surface area contributed by atoms with E-state index < -0.39 is 0 Å². The first kappa shape index (κ1) is 30.9. The third-order valence-electron chi connectivity index (χ3n) is 6.55. The van der Waals surface area contributed by atoms with Gasteiger partial charge in [0.05, 0.1) is 0 Å². The van der Waals surface area contributed by atoms with Gasteiger partial charge < -0.3 is 19.3 Å². The van der Waals surface area contributed by atoms with Gasteiger partial charge in [-0.3, -0.25) is 4.79 Å². The number of likely N-dealkylation sites (N-methyl/N-ethyl adjacent to an activating group) is 1. The van der Waals surface area contributed by atoms with Crippen LogP contribution in [0.15, 0.2) is 35.9 Å². The van der Waals surface area contributed by atoms with Crippen molar-refractivity contribution in [3.05, 3.63) is 47.1 Å². The molecule has 0 spiro atoms. The first-order chi connectivity index (χ1) is 16.6. The number of allylic oxidation sites excluding steroid dienone is 3. The van der Waals surface area contributed by atoms with E-state index in [1.165, 1.54) is 18.4 Å². The summed E-state index contributed by atoms with van der Waals surface area (Å²) in [6.07, 6.45) is 8.87. The summed E-state index contributed by atoms with van der Waals surface area (Å²) in [6, 6.07) is 4.19. The predicted molar refractivity (Wildman–Crippen MR) is 149 cm³/mol. The molecule has 1 aromatic rings. The molecule has 1 aromatic carbocycles. The Balaban J connectivity index is 0.00000111. The Labute approximate surface area is 215 Å². The summed E-state index contributed by atoms with van der Waals surface area (Å²) in [5, 5.41) is 0. The van der Waals surface area contributed by atoms with Crippen LogP contribution in [0.5, 0.6) is 11.5 Å². The molecule has 5 heteroatoms. The average molecular weight is 487 g/mol. The van der Waals surface area contributed by atoms with Crippen LogP contribution in [0.3, 0.4) is 0 Å². The number of hydrogen-bond acceptors (Lipinski definition) is 5. The SMILES string of the molecule is C=C(C)C1CCC(C)=CC1c1c(OC=O)cc(CCCCC)cc1OCCN(C)C.CCN(C)C. The van der Waals surface area contributed by atoms with Gasteiger partial charge in [-0.05, 0) is 97.9 Å². The molecule has 0 radical (unpaired) electrons. The van der Waals surface area contributed by atoms with Crippen molar-refractivity contribution in [1.82, 2.24) is 9.80 Å². The molecule has 198 valence electrons. The third-order valence-corrected chi connectivity index (χ3v) is 6.55. The largest absolute Gasteiger partial charge is 0.492 e. The molecule has 2 rings (SSSR count). The van der Waals surface area contributed by atoms with Crippen molar-refractivity contribution < 1.29 is 14.3 Å². The first-order valence-electron chi connectivity index (χ1n) is 13.2. The van der Waals surface area contributed by atoms with E-state index in [4.69, 9.17) is 9.47 Å². The number of hydrogen-bond donors (Lipinski definition) is 0. The topological polar surface area (TPSA) is 42.0 Å². The second kappa shape index (κ2) is 16.5. The van der Waals surface area contributed by atoms with Crippen LogP contribution in [0.1, 0.15) is 76.8 Å². The van der Waals surface area contributed by atoms with E-state index in [1.807, 2.05) is 20.2 Å². The Morgan fingerprint density at radius 2 is 1.77 bits per heavy atom. The average Bonchev–Trinajstić information content (AvgIpc) is 2.79. The number of nitrogens with zero attached hydrogens (tertiary/aromatic N) is 2. The molecular weight excluding hydrogens is 436 g/mol. The number of aryl methyl sites for hydroxylation is 1. The van der Waals surface area contributed by atoms with E-state index in [0.29, 0.717) is 24.7 Å². The molecule has 2 unspecified atom stereocenters. The normalized spacial score (nSPS) is 17.5. The molecule has 1 aliphatic rings. The van der Waals surface area contributed by atoms with Gasteiger partial charge in [0, 0.05) is 18.0 Å². The van der Waals surface area contributed by atoms with Gasteiger partial charge in [0.2, 0.25) is 0 Å². The molecule has 0 fully saturated rings. The molecule has 0 amide bonds. The van der Waals surface area contributed by atoms with E-state index in [0.717, 1.165) is 61.2 Å². The van der Waals surface area contributed by atoms with Crippen molar-refractivity contribution in [1.29, 1.82) is 0 Å². The van der Waals surface area contributed by atoms with Gasteiger partial charge in [0.25, 0.3) is 6.47 Å². The highest BCUT2D eigenvalue weighted by atomic mass is 16.5. The number of benzene rings is 1. The Kier molecular flexibility index (Phi) is 14.6. The molecular formula is C30H50N2O3. The molecule has 0 saturated heterocycles. The highest BCUT2D eigenvalue weighted by Gasteiger charge is 2.31. The van der Waals surface area contributed by atoms with Crippen LogP contribution in [0, 0.1) is 5.92 Å². The molecule has 0 bridgehead atoms. The third kappa shape index (κ3) is 11.0. The zero-order chi connectivity index (χ0) is 26.4. The number of rotatable bonds is 13. The minimum absolute atomic E-state index is 0.102. The van der Waals surface area contributed by atoms with Crippen molar-refractivity contribution in [3.8, 4) is 11.5 Å². The molecule has 0 aliphatic heterocycles. The van der Waals surface area contributed by atoms with Crippen LogP contribution in [-0.4, -0.2) is 64.2 Å². The molecule has 1 aliphatic carbocycles. The van der Waals surface area contributed by atoms with Crippen molar-refractivity contribution in [2.75, 3.05) is 47.9 Å². The van der Waals surface area contributed by atoms with Gasteiger partial charge in [-0.1, -0.05) is 50.5 Å². The van der Waals surface area contributed by atoms with Gasteiger partial charge >= 0.3 is 0 Å². The minimum Gasteiger partial charge on any atom is -0.492 e. The maximum absolute atomic E-state index is 11.4. The number of ether oxygens (including phenoxy) is 2. The van der Waals surface area contributed by atoms with E-state index in [1.54, 1.807) is 0 Å². The van der Waals surface area contributed by atoms with Crippen molar-refractivity contribution in [2.24, 2.45) is 5.92 Å². The molecule has 5 nitrogen and oxygen atoms in total. The zero-order valence-electron chi connectivity index (χ0n) is 23.7. The van der Waals surface area contributed by atoms with Crippen LogP contribution >= 0.6 is 0 Å². The number of carbonyl (C=O) groups excluding carboxylic acids is 1. The standard InChI is InChI=1S/C26H39NO3.C4H11N/c1-7-8-9-10-21-16-24(29-14-13-27(5)6)26(25(17-21)30-18-28)23-15-20(4)11-12-22(23)19(2)3;1-4-5(2)3/h15-18,22-23H,2,7-14H2,1,3-6H3;4H2,1-3H3. The second-order valence-electron chi connectivity index (χ2n) is 10.3. The van der Waals surface area contributed by atoms with E-state index >= 15 is 0 Å². The van der Waals surface area contributed by atoms with Crippen molar-refractivity contribution >= 4 is 6.47 Å². The molecule has 0 aromatic heterocycles. The lowest BCUT2D eigenvalue weighted by Gasteiger charge is -2.32. The number of unbranched alkanes of at least 4 members (excludes halogenated alkanes) is 2. The summed E-state index contributed by atoms with van der Waals surface area (Å²) in [5.74, 6) is 1.88. The lowest BCUT2D eigenvalue weighted by atomic mass is 9.73. The summed E-state index contributed by atoms with van der Waals surface area (Å²) >= 11 is 0. The van der Waals surface area contributed by atoms with E-state index in [2.05, 4.69) is 70.3 Å². The quantitative estimate of drug-likeness (QED) is 0.181. The Morgan fingerprint density at radius 1 is 1.11 bits per heavy atom. The summed E-state index contributed by atoms with van der Waals surface area (Å²) in [7, 11) is 8.19. The predicted octanol–water partition coefficient (Wildman–Crippen LogP) is 6.48. The Hall–Kier alpha value is -2.11. The van der Waals surface area contributed by atoms with Crippen LogP contribution in [0.2, 0.25) is 0 Å². The van der Waals surface area contributed by atoms with Crippen molar-refractivity contribution in [3.63, 3.8) is 0 Å². The Bertz CT molecular complexity index is 814. The highest BCUT2D eigenvalue weighted by molar-refractivity contribution is 5.57. The van der Waals surface area contributed by atoms with Gasteiger partial charge in [-0.15, -0.1) is 0 Å². The van der Waals surface area contributed by atoms with E-state index in [9.17, 15) is 4.79 Å². The smallest absolute Gasteiger partial charge is 0.298 e. The van der Waals surface area contributed by atoms with Gasteiger partial charge in [0.1, 0.15) is 18.1 Å². The zero-order valence-corrected chi connectivity index (χ0v) is 23.7. The van der Waals surface area contributed by atoms with Crippen LogP contribution < -0.4 is 9.47 Å². The monoisotopic (exact) mass is 486 g/mol. The fourth-order valence-electron chi connectivity index (χ4n) is 4.22. The molecule has 0 heterocycles. The van der Waals surface area contributed by atoms with Crippen LogP contribution in [-0.2, 0) is 11.2 Å². The highest BCUT2D eigenvalue weighted by Crippen LogP contribution is 2.47. The fourth-order valence-corrected chi connectivity index (χ4v) is 4.22. The fraction of sp³-hybridized carbons (Fsp3) is 0.633. The maximum atomic E-state index is 11.4. The summed E-state index contributed by atoms with van der Waals surface area (Å²) in [5.41, 5.74) is 4.66. The van der Waals surface area contributed by atoms with Gasteiger partial charge in [-0.2, -0.15) is 0 Å². The van der Waals surface area contributed by atoms with Gasteiger partial charge in [0.15, 0.2) is 0 Å². The first-order valence-corrected chi connectivity index (χ1v) is 13.2. The van der Waals surface area contributed by atoms with Crippen LogP contribution in [0.4, 0.5) is 0 Å². The number of carbonyl (C=O) groups is 1. The maximum Gasteiger partial charge on any atom is 0.298 e. The summed E-state index contributed by atoms with van der Waals surface area (Å²) in [4.78, 5) is 15.6. The van der Waals surface area contributed by atoms with Crippen LogP contribution in [0.25, 0.3) is 0 Å². The molecule has 35 heavy (non-hydrogen) atoms. The lowest BCUT2D eigenvalue weighted by Crippen LogP contribution is -2.22. The van der Waals surface area contributed by atoms with Crippen molar-refractivity contribution in [2.45, 2.75) is 72.1 Å². The Morgan fingerprint density at radius 3 is 2.31 bits per heavy atom.